The first kappa shape index (κ1) is 25.4. The maximum absolute atomic E-state index is 15.1. The van der Waals surface area contributed by atoms with Gasteiger partial charge in [-0.05, 0) is 59.5 Å². The Balaban J connectivity index is 1.51. The molecule has 0 aliphatic rings. The highest BCUT2D eigenvalue weighted by molar-refractivity contribution is 5.87. The molecule has 0 unspecified atom stereocenters. The van der Waals surface area contributed by atoms with E-state index in [1.807, 2.05) is 0 Å². The number of hydrogen-bond donors (Lipinski definition) is 0. The quantitative estimate of drug-likeness (QED) is 0.253. The van der Waals surface area contributed by atoms with Crippen molar-refractivity contribution in [3.63, 3.8) is 0 Å². The number of nitrogens with zero attached hydrogens (tertiary/aromatic N) is 2. The van der Waals surface area contributed by atoms with Crippen molar-refractivity contribution in [2.24, 2.45) is 0 Å². The summed E-state index contributed by atoms with van der Waals surface area (Å²) >= 11 is 0. The van der Waals surface area contributed by atoms with Crippen molar-refractivity contribution in [2.75, 3.05) is 13.7 Å². The molecule has 0 radical (unpaired) electrons. The molecule has 0 aliphatic carbocycles. The maximum Gasteiger partial charge on any atom is 0.573 e. The molecule has 4 nitrogen and oxygen atoms in total. The Hall–Kier alpha value is -3.66. The molecular weight excluding hydrogens is 486 g/mol. The summed E-state index contributed by atoms with van der Waals surface area (Å²) in [7, 11) is 1.61. The fourth-order valence-corrected chi connectivity index (χ4v) is 3.77. The van der Waals surface area contributed by atoms with Crippen LogP contribution in [0.25, 0.3) is 22.2 Å². The first-order valence-electron chi connectivity index (χ1n) is 10.9. The van der Waals surface area contributed by atoms with Crippen molar-refractivity contribution >= 4 is 10.8 Å². The predicted octanol–water partition coefficient (Wildman–Crippen LogP) is 6.59. The number of halogens is 6. The highest BCUT2D eigenvalue weighted by Gasteiger charge is 2.34. The summed E-state index contributed by atoms with van der Waals surface area (Å²) in [6.07, 6.45) is -1.03. The van der Waals surface area contributed by atoms with Crippen LogP contribution in [-0.4, -0.2) is 30.0 Å². The Labute approximate surface area is 202 Å². The molecule has 0 aliphatic heterocycles. The lowest BCUT2D eigenvalue weighted by atomic mass is 9.98. The van der Waals surface area contributed by atoms with Crippen LogP contribution in [-0.2, 0) is 24.0 Å². The number of ether oxygens (including phenoxy) is 2. The molecular formula is C26H20F6N2O2. The number of methoxy groups -OCH3 is 1. The molecule has 3 aromatic carbocycles. The van der Waals surface area contributed by atoms with E-state index in [1.54, 1.807) is 49.8 Å². The van der Waals surface area contributed by atoms with Gasteiger partial charge in [-0.2, -0.15) is 0 Å². The lowest BCUT2D eigenvalue weighted by molar-refractivity contribution is -0.276. The number of alkyl halides is 3. The Morgan fingerprint density at radius 2 is 1.50 bits per heavy atom. The highest BCUT2D eigenvalue weighted by Crippen LogP contribution is 2.31. The molecule has 0 amide bonds. The van der Waals surface area contributed by atoms with Gasteiger partial charge in [0.2, 0.25) is 5.75 Å². The molecule has 1 heterocycles. The molecule has 4 aromatic rings. The third-order valence-electron chi connectivity index (χ3n) is 5.55. The molecule has 0 saturated heterocycles. The lowest BCUT2D eigenvalue weighted by Gasteiger charge is -2.12. The number of aromatic nitrogens is 2. The second-order valence-corrected chi connectivity index (χ2v) is 8.07. The van der Waals surface area contributed by atoms with Crippen molar-refractivity contribution in [1.82, 2.24) is 9.97 Å². The molecule has 36 heavy (non-hydrogen) atoms. The Bertz CT molecular complexity index is 1350. The van der Waals surface area contributed by atoms with Gasteiger partial charge in [0.1, 0.15) is 5.82 Å². The standard InChI is InChI=1S/C26H20F6N2O2/c1-35-9-8-16-13-33-25(34-14-16)19-6-7-20-18(12-19)5-4-17(23(20)29)3-2-15-10-21(27)24(22(28)11-15)36-26(30,31)32/h4-7,10-14H,2-3,8-9H2,1H3. The summed E-state index contributed by atoms with van der Waals surface area (Å²) in [5.74, 6) is -4.49. The molecule has 0 bridgehead atoms. The van der Waals surface area contributed by atoms with Crippen molar-refractivity contribution in [1.29, 1.82) is 0 Å². The normalized spacial score (nSPS) is 11.8. The van der Waals surface area contributed by atoms with Crippen LogP contribution in [0.4, 0.5) is 26.3 Å². The zero-order valence-electron chi connectivity index (χ0n) is 19.0. The smallest absolute Gasteiger partial charge is 0.399 e. The van der Waals surface area contributed by atoms with E-state index < -0.39 is 29.6 Å². The maximum atomic E-state index is 15.1. The number of hydrogen-bond acceptors (Lipinski definition) is 4. The van der Waals surface area contributed by atoms with Gasteiger partial charge < -0.3 is 9.47 Å². The van der Waals surface area contributed by atoms with Crippen molar-refractivity contribution < 1.29 is 35.8 Å². The Kier molecular flexibility index (Phi) is 7.44. The minimum atomic E-state index is -5.23. The van der Waals surface area contributed by atoms with Gasteiger partial charge in [0, 0.05) is 30.5 Å². The summed E-state index contributed by atoms with van der Waals surface area (Å²) in [6, 6.07) is 9.83. The van der Waals surface area contributed by atoms with Crippen LogP contribution in [0.3, 0.4) is 0 Å². The number of benzene rings is 3. The van der Waals surface area contributed by atoms with Crippen LogP contribution in [0.1, 0.15) is 16.7 Å². The third-order valence-corrected chi connectivity index (χ3v) is 5.55. The average molecular weight is 506 g/mol. The van der Waals surface area contributed by atoms with Crippen molar-refractivity contribution in [2.45, 2.75) is 25.6 Å². The first-order valence-corrected chi connectivity index (χ1v) is 10.9. The van der Waals surface area contributed by atoms with E-state index in [0.29, 0.717) is 40.8 Å². The van der Waals surface area contributed by atoms with E-state index in [9.17, 15) is 22.0 Å². The summed E-state index contributed by atoms with van der Waals surface area (Å²) in [4.78, 5) is 8.72. The van der Waals surface area contributed by atoms with E-state index in [2.05, 4.69) is 14.7 Å². The van der Waals surface area contributed by atoms with E-state index in [1.165, 1.54) is 0 Å². The second kappa shape index (κ2) is 10.5. The minimum Gasteiger partial charge on any atom is -0.399 e. The number of rotatable bonds is 8. The predicted molar refractivity (Wildman–Crippen MR) is 121 cm³/mol. The summed E-state index contributed by atoms with van der Waals surface area (Å²) in [5, 5.41) is 0.964. The third kappa shape index (κ3) is 5.93. The molecule has 0 saturated carbocycles. The van der Waals surface area contributed by atoms with E-state index in [4.69, 9.17) is 4.74 Å². The summed E-state index contributed by atoms with van der Waals surface area (Å²) in [6.45, 7) is 0.557. The zero-order chi connectivity index (χ0) is 25.9. The van der Waals surface area contributed by atoms with Crippen molar-refractivity contribution in [3.8, 4) is 17.1 Å². The summed E-state index contributed by atoms with van der Waals surface area (Å²) < 4.78 is 88.4. The van der Waals surface area contributed by atoms with Gasteiger partial charge in [-0.25, -0.2) is 23.1 Å². The van der Waals surface area contributed by atoms with E-state index >= 15 is 4.39 Å². The highest BCUT2D eigenvalue weighted by atomic mass is 19.4. The van der Waals surface area contributed by atoms with Gasteiger partial charge in [-0.15, -0.1) is 13.2 Å². The molecule has 0 spiro atoms. The van der Waals surface area contributed by atoms with Crippen LogP contribution in [0, 0.1) is 17.5 Å². The molecule has 10 heteroatoms. The fourth-order valence-electron chi connectivity index (χ4n) is 3.77. The molecule has 0 N–H and O–H groups in total. The van der Waals surface area contributed by atoms with Gasteiger partial charge in [0.25, 0.3) is 0 Å². The van der Waals surface area contributed by atoms with Gasteiger partial charge in [0.05, 0.1) is 6.61 Å². The monoisotopic (exact) mass is 506 g/mol. The molecule has 0 fully saturated rings. The van der Waals surface area contributed by atoms with Gasteiger partial charge in [-0.1, -0.05) is 24.3 Å². The van der Waals surface area contributed by atoms with E-state index in [-0.39, 0.29) is 18.4 Å². The topological polar surface area (TPSA) is 44.2 Å². The van der Waals surface area contributed by atoms with Gasteiger partial charge in [-0.3, -0.25) is 0 Å². The van der Waals surface area contributed by atoms with Crippen LogP contribution in [0.5, 0.6) is 5.75 Å². The SMILES string of the molecule is COCCc1cnc(-c2ccc3c(F)c(CCc4cc(F)c(OC(F)(F)F)c(F)c4)ccc3c2)nc1. The van der Waals surface area contributed by atoms with Crippen LogP contribution < -0.4 is 4.74 Å². The van der Waals surface area contributed by atoms with E-state index in [0.717, 1.165) is 17.7 Å². The zero-order valence-corrected chi connectivity index (χ0v) is 19.0. The average Bonchev–Trinajstić information content (AvgIpc) is 2.84. The number of aryl methyl sites for hydroxylation is 2. The second-order valence-electron chi connectivity index (χ2n) is 8.07. The molecule has 188 valence electrons. The Morgan fingerprint density at radius 1 is 0.806 bits per heavy atom. The van der Waals surface area contributed by atoms with Gasteiger partial charge >= 0.3 is 6.36 Å². The number of fused-ring (bicyclic) bond motifs is 1. The van der Waals surface area contributed by atoms with Crippen LogP contribution in [0.15, 0.2) is 54.9 Å². The minimum absolute atomic E-state index is 0.00388. The fraction of sp³-hybridized carbons (Fsp3) is 0.231. The first-order chi connectivity index (χ1) is 17.1. The Morgan fingerprint density at radius 3 is 2.14 bits per heavy atom. The molecule has 4 rings (SSSR count). The molecule has 1 aromatic heterocycles. The van der Waals surface area contributed by atoms with Gasteiger partial charge in [0.15, 0.2) is 17.5 Å². The largest absolute Gasteiger partial charge is 0.573 e. The summed E-state index contributed by atoms with van der Waals surface area (Å²) in [5.41, 5.74) is 2.00. The van der Waals surface area contributed by atoms with Crippen molar-refractivity contribution in [3.05, 3.63) is 89.0 Å². The van der Waals surface area contributed by atoms with Crippen LogP contribution >= 0.6 is 0 Å². The molecule has 0 atom stereocenters. The van der Waals surface area contributed by atoms with Crippen LogP contribution in [0.2, 0.25) is 0 Å². The lowest BCUT2D eigenvalue weighted by Crippen LogP contribution is -2.19.